The molecule has 1 aromatic heterocycles. The molecule has 5 nitrogen and oxygen atoms in total. The predicted octanol–water partition coefficient (Wildman–Crippen LogP) is 3.83. The van der Waals surface area contributed by atoms with Crippen LogP contribution in [0.15, 0.2) is 48.5 Å². The first-order valence-corrected chi connectivity index (χ1v) is 8.80. The molecule has 0 atom stereocenters. The minimum Gasteiger partial charge on any atom is -0.338 e. The number of carbonyl (C=O) groups excluding carboxylic acids is 1. The molecule has 3 aromatic rings. The zero-order chi connectivity index (χ0) is 17.3. The van der Waals surface area contributed by atoms with Crippen LogP contribution in [0.3, 0.4) is 0 Å². The molecule has 0 saturated heterocycles. The molecule has 1 saturated carbocycles. The number of rotatable bonds is 3. The van der Waals surface area contributed by atoms with Gasteiger partial charge in [0, 0.05) is 11.3 Å². The van der Waals surface area contributed by atoms with Gasteiger partial charge in [-0.25, -0.2) is 4.98 Å². The zero-order valence-electron chi connectivity index (χ0n) is 14.1. The maximum Gasteiger partial charge on any atom is 0.244 e. The molecule has 0 bridgehead atoms. The Labute approximate surface area is 146 Å². The van der Waals surface area contributed by atoms with E-state index in [4.69, 9.17) is 5.73 Å². The Balaban J connectivity index is 1.51. The standard InChI is InChI=1S/C20H22N4O/c21-20(12-4-1-5-13-20)19(25)22-15-10-8-14(9-11-15)18-23-16-6-2-3-7-17(16)24-18/h2-3,6-11H,1,4-5,12-13,21H2,(H,22,25)(H,23,24). The maximum absolute atomic E-state index is 12.5. The van der Waals surface area contributed by atoms with E-state index >= 15 is 0 Å². The monoisotopic (exact) mass is 334 g/mol. The number of anilines is 1. The van der Waals surface area contributed by atoms with E-state index in [1.165, 1.54) is 6.42 Å². The summed E-state index contributed by atoms with van der Waals surface area (Å²) in [5.41, 5.74) is 9.26. The van der Waals surface area contributed by atoms with Crippen molar-refractivity contribution in [2.45, 2.75) is 37.6 Å². The van der Waals surface area contributed by atoms with Gasteiger partial charge in [0.05, 0.1) is 16.6 Å². The molecular weight excluding hydrogens is 312 g/mol. The fraction of sp³-hybridized carbons (Fsp3) is 0.300. The molecule has 0 spiro atoms. The number of nitrogens with two attached hydrogens (primary N) is 1. The second kappa shape index (κ2) is 6.33. The molecule has 1 fully saturated rings. The van der Waals surface area contributed by atoms with E-state index in [0.717, 1.165) is 53.8 Å². The minimum absolute atomic E-state index is 0.0799. The van der Waals surface area contributed by atoms with Crippen LogP contribution in [0, 0.1) is 0 Å². The lowest BCUT2D eigenvalue weighted by Crippen LogP contribution is -2.52. The van der Waals surface area contributed by atoms with E-state index < -0.39 is 5.54 Å². The highest BCUT2D eigenvalue weighted by molar-refractivity contribution is 5.98. The second-order valence-electron chi connectivity index (χ2n) is 6.85. The lowest BCUT2D eigenvalue weighted by Gasteiger charge is -2.31. The zero-order valence-corrected chi connectivity index (χ0v) is 14.1. The average Bonchev–Trinajstić information content (AvgIpc) is 3.07. The number of hydrogen-bond acceptors (Lipinski definition) is 3. The van der Waals surface area contributed by atoms with Crippen molar-refractivity contribution < 1.29 is 4.79 Å². The predicted molar refractivity (Wildman–Crippen MR) is 100 cm³/mol. The van der Waals surface area contributed by atoms with E-state index in [1.807, 2.05) is 48.5 Å². The number of nitrogens with one attached hydrogen (secondary N) is 2. The lowest BCUT2D eigenvalue weighted by molar-refractivity contribution is -0.122. The van der Waals surface area contributed by atoms with E-state index in [0.29, 0.717) is 0 Å². The molecular formula is C20H22N4O. The number of nitrogens with zero attached hydrogens (tertiary/aromatic N) is 1. The number of hydrogen-bond donors (Lipinski definition) is 3. The SMILES string of the molecule is NC1(C(=O)Nc2ccc(-c3nc4ccccc4[nH]3)cc2)CCCCC1. The van der Waals surface area contributed by atoms with Gasteiger partial charge < -0.3 is 16.0 Å². The third-order valence-electron chi connectivity index (χ3n) is 5.00. The number of fused-ring (bicyclic) bond motifs is 1. The van der Waals surface area contributed by atoms with Gasteiger partial charge >= 0.3 is 0 Å². The van der Waals surface area contributed by atoms with Crippen molar-refractivity contribution >= 4 is 22.6 Å². The quantitative estimate of drug-likeness (QED) is 0.680. The van der Waals surface area contributed by atoms with Crippen LogP contribution in [0.25, 0.3) is 22.4 Å². The number of para-hydroxylation sites is 2. The first-order chi connectivity index (χ1) is 12.1. The van der Waals surface area contributed by atoms with Crippen molar-refractivity contribution in [3.63, 3.8) is 0 Å². The summed E-state index contributed by atoms with van der Waals surface area (Å²) in [6.45, 7) is 0. The van der Waals surface area contributed by atoms with Gasteiger partial charge in [0.2, 0.25) is 5.91 Å². The van der Waals surface area contributed by atoms with Crippen molar-refractivity contribution in [1.82, 2.24) is 9.97 Å². The first-order valence-electron chi connectivity index (χ1n) is 8.80. The third kappa shape index (κ3) is 3.15. The minimum atomic E-state index is -0.727. The molecule has 5 heteroatoms. The summed E-state index contributed by atoms with van der Waals surface area (Å²) in [6, 6.07) is 15.6. The van der Waals surface area contributed by atoms with Gasteiger partial charge in [-0.1, -0.05) is 31.4 Å². The Hall–Kier alpha value is -2.66. The number of H-pyrrole nitrogens is 1. The third-order valence-corrected chi connectivity index (χ3v) is 5.00. The van der Waals surface area contributed by atoms with Crippen molar-refractivity contribution in [1.29, 1.82) is 0 Å². The molecule has 4 rings (SSSR count). The number of amides is 1. The summed E-state index contributed by atoms with van der Waals surface area (Å²) < 4.78 is 0. The summed E-state index contributed by atoms with van der Waals surface area (Å²) in [5, 5.41) is 2.96. The number of aromatic amines is 1. The fourth-order valence-electron chi connectivity index (χ4n) is 3.47. The largest absolute Gasteiger partial charge is 0.338 e. The smallest absolute Gasteiger partial charge is 0.244 e. The van der Waals surface area contributed by atoms with Crippen LogP contribution in [-0.2, 0) is 4.79 Å². The van der Waals surface area contributed by atoms with E-state index in [9.17, 15) is 4.79 Å². The van der Waals surface area contributed by atoms with Gasteiger partial charge in [-0.05, 0) is 49.2 Å². The lowest BCUT2D eigenvalue weighted by atomic mass is 9.82. The van der Waals surface area contributed by atoms with Gasteiger partial charge in [-0.15, -0.1) is 0 Å². The summed E-state index contributed by atoms with van der Waals surface area (Å²) in [7, 11) is 0. The van der Waals surface area contributed by atoms with E-state index in [-0.39, 0.29) is 5.91 Å². The van der Waals surface area contributed by atoms with Crippen molar-refractivity contribution in [2.75, 3.05) is 5.32 Å². The molecule has 1 amide bonds. The average molecular weight is 334 g/mol. The van der Waals surface area contributed by atoms with Gasteiger partial charge in [0.1, 0.15) is 5.82 Å². The fourth-order valence-corrected chi connectivity index (χ4v) is 3.47. The Morgan fingerprint density at radius 3 is 2.48 bits per heavy atom. The molecule has 1 aliphatic carbocycles. The molecule has 1 heterocycles. The highest BCUT2D eigenvalue weighted by Crippen LogP contribution is 2.28. The van der Waals surface area contributed by atoms with Crippen molar-refractivity contribution in [2.24, 2.45) is 5.73 Å². The molecule has 128 valence electrons. The van der Waals surface area contributed by atoms with Crippen LogP contribution in [-0.4, -0.2) is 21.4 Å². The van der Waals surface area contributed by atoms with Crippen LogP contribution in [0.1, 0.15) is 32.1 Å². The Kier molecular flexibility index (Phi) is 4.01. The number of imidazole rings is 1. The summed E-state index contributed by atoms with van der Waals surface area (Å²) >= 11 is 0. The molecule has 2 aromatic carbocycles. The Bertz CT molecular complexity index is 858. The van der Waals surface area contributed by atoms with Gasteiger partial charge in [-0.3, -0.25) is 4.79 Å². The van der Waals surface area contributed by atoms with Gasteiger partial charge in [-0.2, -0.15) is 0 Å². The maximum atomic E-state index is 12.5. The summed E-state index contributed by atoms with van der Waals surface area (Å²) in [4.78, 5) is 20.4. The van der Waals surface area contributed by atoms with Crippen molar-refractivity contribution in [3.05, 3.63) is 48.5 Å². The van der Waals surface area contributed by atoms with E-state index in [2.05, 4.69) is 15.3 Å². The normalized spacial score (nSPS) is 16.7. The van der Waals surface area contributed by atoms with Crippen LogP contribution in [0.2, 0.25) is 0 Å². The Morgan fingerprint density at radius 2 is 1.76 bits per heavy atom. The highest BCUT2D eigenvalue weighted by Gasteiger charge is 2.35. The Morgan fingerprint density at radius 1 is 1.04 bits per heavy atom. The topological polar surface area (TPSA) is 83.8 Å². The molecule has 25 heavy (non-hydrogen) atoms. The van der Waals surface area contributed by atoms with Gasteiger partial charge in [0.15, 0.2) is 0 Å². The molecule has 0 unspecified atom stereocenters. The van der Waals surface area contributed by atoms with Crippen LogP contribution in [0.4, 0.5) is 5.69 Å². The molecule has 4 N–H and O–H groups in total. The van der Waals surface area contributed by atoms with Crippen LogP contribution >= 0.6 is 0 Å². The second-order valence-corrected chi connectivity index (χ2v) is 6.85. The van der Waals surface area contributed by atoms with Gasteiger partial charge in [0.25, 0.3) is 0 Å². The summed E-state index contributed by atoms with van der Waals surface area (Å²) in [5.74, 6) is 0.741. The van der Waals surface area contributed by atoms with Crippen molar-refractivity contribution in [3.8, 4) is 11.4 Å². The highest BCUT2D eigenvalue weighted by atomic mass is 16.2. The number of benzene rings is 2. The van der Waals surface area contributed by atoms with Crippen LogP contribution in [0.5, 0.6) is 0 Å². The van der Waals surface area contributed by atoms with E-state index in [1.54, 1.807) is 0 Å². The molecule has 1 aliphatic rings. The van der Waals surface area contributed by atoms with Crippen LogP contribution < -0.4 is 11.1 Å². The first kappa shape index (κ1) is 15.8. The number of aromatic nitrogens is 2. The number of carbonyl (C=O) groups is 1. The molecule has 0 radical (unpaired) electrons. The summed E-state index contributed by atoms with van der Waals surface area (Å²) in [6.07, 6.45) is 4.73. The molecule has 0 aliphatic heterocycles.